The molecule has 0 radical (unpaired) electrons. The minimum Gasteiger partial charge on any atom is -0.493 e. The number of unbranched alkanes of at least 4 members (excludes halogenated alkanes) is 9. The third-order valence-electron chi connectivity index (χ3n) is 3.91. The fourth-order valence-electron chi connectivity index (χ4n) is 2.50. The fourth-order valence-corrected chi connectivity index (χ4v) is 2.84. The lowest BCUT2D eigenvalue weighted by molar-refractivity contribution is 0.302. The maximum atomic E-state index is 5.86. The number of rotatable bonds is 12. The zero-order valence-electron chi connectivity index (χ0n) is 13.8. The molecule has 0 aliphatic rings. The molecule has 1 nitrogen and oxygen atoms in total. The summed E-state index contributed by atoms with van der Waals surface area (Å²) in [6, 6.07) is 6.21. The number of ether oxygens (including phenoxy) is 1. The summed E-state index contributed by atoms with van der Waals surface area (Å²) in [5, 5.41) is 0. The minimum absolute atomic E-state index is 0.841. The summed E-state index contributed by atoms with van der Waals surface area (Å²) in [6.07, 6.45) is 13.7. The summed E-state index contributed by atoms with van der Waals surface area (Å²) in [7, 11) is 0. The highest BCUT2D eigenvalue weighted by molar-refractivity contribution is 9.10. The number of aryl methyl sites for hydroxylation is 1. The van der Waals surface area contributed by atoms with Gasteiger partial charge >= 0.3 is 0 Å². The Morgan fingerprint density at radius 2 is 1.43 bits per heavy atom. The van der Waals surface area contributed by atoms with Crippen molar-refractivity contribution in [2.75, 3.05) is 6.61 Å². The number of hydrogen-bond donors (Lipinski definition) is 0. The van der Waals surface area contributed by atoms with E-state index in [0.29, 0.717) is 0 Å². The van der Waals surface area contributed by atoms with Crippen LogP contribution in [0, 0.1) is 6.92 Å². The van der Waals surface area contributed by atoms with Gasteiger partial charge in [-0.15, -0.1) is 0 Å². The molecule has 0 saturated heterocycles. The van der Waals surface area contributed by atoms with Gasteiger partial charge in [-0.25, -0.2) is 0 Å². The van der Waals surface area contributed by atoms with Crippen LogP contribution < -0.4 is 4.74 Å². The lowest BCUT2D eigenvalue weighted by Gasteiger charge is -2.09. The van der Waals surface area contributed by atoms with Gasteiger partial charge in [-0.05, 0) is 31.0 Å². The number of hydrogen-bond acceptors (Lipinski definition) is 1. The highest BCUT2D eigenvalue weighted by Gasteiger charge is 2.00. The Labute approximate surface area is 139 Å². The Bertz CT molecular complexity index is 376. The predicted molar refractivity (Wildman–Crippen MR) is 96.2 cm³/mol. The Morgan fingerprint density at radius 3 is 2.05 bits per heavy atom. The topological polar surface area (TPSA) is 9.23 Å². The van der Waals surface area contributed by atoms with E-state index < -0.39 is 0 Å². The predicted octanol–water partition coefficient (Wildman–Crippen LogP) is 7.06. The number of halogens is 1. The SMILES string of the molecule is CCCCCCCCCCCCOc1cc(Br)ccc1C. The van der Waals surface area contributed by atoms with E-state index in [0.717, 1.165) is 16.8 Å². The van der Waals surface area contributed by atoms with Gasteiger partial charge in [0, 0.05) is 4.47 Å². The van der Waals surface area contributed by atoms with Gasteiger partial charge in [0.2, 0.25) is 0 Å². The van der Waals surface area contributed by atoms with Crippen LogP contribution in [-0.4, -0.2) is 6.61 Å². The van der Waals surface area contributed by atoms with Crippen molar-refractivity contribution in [3.8, 4) is 5.75 Å². The molecule has 0 bridgehead atoms. The maximum absolute atomic E-state index is 5.86. The van der Waals surface area contributed by atoms with E-state index in [4.69, 9.17) is 4.74 Å². The first kappa shape index (κ1) is 18.5. The van der Waals surface area contributed by atoms with E-state index in [9.17, 15) is 0 Å². The average molecular weight is 355 g/mol. The van der Waals surface area contributed by atoms with Gasteiger partial charge in [-0.2, -0.15) is 0 Å². The molecule has 120 valence electrons. The molecule has 0 aliphatic carbocycles. The molecule has 0 amide bonds. The summed E-state index contributed by atoms with van der Waals surface area (Å²) in [5.41, 5.74) is 1.21. The van der Waals surface area contributed by atoms with E-state index in [2.05, 4.69) is 48.0 Å². The van der Waals surface area contributed by atoms with Crippen molar-refractivity contribution in [3.05, 3.63) is 28.2 Å². The summed E-state index contributed by atoms with van der Waals surface area (Å²) >= 11 is 3.49. The second-order valence-corrected chi connectivity index (χ2v) is 6.86. The zero-order valence-corrected chi connectivity index (χ0v) is 15.4. The van der Waals surface area contributed by atoms with Crippen LogP contribution in [-0.2, 0) is 0 Å². The van der Waals surface area contributed by atoms with Crippen LogP contribution in [0.4, 0.5) is 0 Å². The van der Waals surface area contributed by atoms with Crippen LogP contribution in [0.25, 0.3) is 0 Å². The van der Waals surface area contributed by atoms with Crippen molar-refractivity contribution in [3.63, 3.8) is 0 Å². The normalized spacial score (nSPS) is 10.8. The van der Waals surface area contributed by atoms with Crippen LogP contribution >= 0.6 is 15.9 Å². The van der Waals surface area contributed by atoms with E-state index in [1.807, 2.05) is 0 Å². The van der Waals surface area contributed by atoms with Gasteiger partial charge in [0.25, 0.3) is 0 Å². The minimum atomic E-state index is 0.841. The Hall–Kier alpha value is -0.500. The summed E-state index contributed by atoms with van der Waals surface area (Å²) < 4.78 is 6.95. The molecule has 0 atom stereocenters. The molecule has 0 aromatic heterocycles. The average Bonchev–Trinajstić information content (AvgIpc) is 2.48. The molecule has 0 unspecified atom stereocenters. The monoisotopic (exact) mass is 354 g/mol. The van der Waals surface area contributed by atoms with Crippen molar-refractivity contribution < 1.29 is 4.74 Å². The van der Waals surface area contributed by atoms with Crippen LogP contribution in [0.1, 0.15) is 76.7 Å². The lowest BCUT2D eigenvalue weighted by Crippen LogP contribution is -1.98. The van der Waals surface area contributed by atoms with Crippen molar-refractivity contribution in [1.29, 1.82) is 0 Å². The van der Waals surface area contributed by atoms with E-state index in [1.54, 1.807) is 0 Å². The molecule has 1 aromatic rings. The summed E-state index contributed by atoms with van der Waals surface area (Å²) in [6.45, 7) is 5.21. The van der Waals surface area contributed by atoms with Gasteiger partial charge in [-0.3, -0.25) is 0 Å². The molecule has 0 saturated carbocycles. The Balaban J connectivity index is 1.94. The smallest absolute Gasteiger partial charge is 0.123 e. The molecular formula is C19H31BrO. The van der Waals surface area contributed by atoms with Gasteiger partial charge in [0.05, 0.1) is 6.61 Å². The highest BCUT2D eigenvalue weighted by Crippen LogP contribution is 2.23. The first-order valence-electron chi connectivity index (χ1n) is 8.63. The van der Waals surface area contributed by atoms with Crippen LogP contribution in [0.2, 0.25) is 0 Å². The second-order valence-electron chi connectivity index (χ2n) is 5.94. The molecular weight excluding hydrogens is 324 g/mol. The standard InChI is InChI=1S/C19H31BrO/c1-3-4-5-6-7-8-9-10-11-12-15-21-19-16-18(20)14-13-17(19)2/h13-14,16H,3-12,15H2,1-2H3. The van der Waals surface area contributed by atoms with Gasteiger partial charge < -0.3 is 4.74 Å². The molecule has 1 rings (SSSR count). The Kier molecular flexibility index (Phi) is 10.7. The third kappa shape index (κ3) is 9.18. The molecule has 1 aromatic carbocycles. The van der Waals surface area contributed by atoms with E-state index in [-0.39, 0.29) is 0 Å². The first-order valence-corrected chi connectivity index (χ1v) is 9.42. The van der Waals surface area contributed by atoms with Crippen molar-refractivity contribution in [2.45, 2.75) is 78.1 Å². The fraction of sp³-hybridized carbons (Fsp3) is 0.684. The van der Waals surface area contributed by atoms with Crippen molar-refractivity contribution >= 4 is 15.9 Å². The Morgan fingerprint density at radius 1 is 0.857 bits per heavy atom. The van der Waals surface area contributed by atoms with E-state index in [1.165, 1.54) is 69.8 Å². The lowest BCUT2D eigenvalue weighted by atomic mass is 10.1. The third-order valence-corrected chi connectivity index (χ3v) is 4.40. The molecule has 0 heterocycles. The van der Waals surface area contributed by atoms with Gasteiger partial charge in [0.15, 0.2) is 0 Å². The molecule has 21 heavy (non-hydrogen) atoms. The van der Waals surface area contributed by atoms with Crippen molar-refractivity contribution in [1.82, 2.24) is 0 Å². The molecule has 0 fully saturated rings. The molecule has 2 heteroatoms. The summed E-state index contributed by atoms with van der Waals surface area (Å²) in [4.78, 5) is 0. The van der Waals surface area contributed by atoms with Crippen molar-refractivity contribution in [2.24, 2.45) is 0 Å². The zero-order chi connectivity index (χ0) is 15.3. The molecule has 0 N–H and O–H groups in total. The van der Waals surface area contributed by atoms with Crippen LogP contribution in [0.15, 0.2) is 22.7 Å². The highest BCUT2D eigenvalue weighted by atomic mass is 79.9. The van der Waals surface area contributed by atoms with Gasteiger partial charge in [-0.1, -0.05) is 86.7 Å². The van der Waals surface area contributed by atoms with E-state index >= 15 is 0 Å². The quantitative estimate of drug-likeness (QED) is 0.365. The summed E-state index contributed by atoms with van der Waals surface area (Å²) in [5.74, 6) is 1.01. The second kappa shape index (κ2) is 12.1. The first-order chi connectivity index (χ1) is 10.2. The largest absolute Gasteiger partial charge is 0.493 e. The van der Waals surface area contributed by atoms with Crippen LogP contribution in [0.3, 0.4) is 0 Å². The van der Waals surface area contributed by atoms with Crippen LogP contribution in [0.5, 0.6) is 5.75 Å². The number of benzene rings is 1. The molecule has 0 spiro atoms. The molecule has 0 aliphatic heterocycles. The van der Waals surface area contributed by atoms with Gasteiger partial charge in [0.1, 0.15) is 5.75 Å². The maximum Gasteiger partial charge on any atom is 0.123 e.